The summed E-state index contributed by atoms with van der Waals surface area (Å²) in [6.45, 7) is 6.61. The maximum absolute atomic E-state index is 12.9. The predicted molar refractivity (Wildman–Crippen MR) is 466 cm³/mol. The van der Waals surface area contributed by atoms with Crippen LogP contribution >= 0.6 is 46.4 Å². The minimum atomic E-state index is -1.01. The molecule has 0 saturated carbocycles. The van der Waals surface area contributed by atoms with E-state index in [1.807, 2.05) is 249 Å². The number of morpholine rings is 2. The molecule has 0 spiro atoms. The summed E-state index contributed by atoms with van der Waals surface area (Å²) < 4.78 is 16.8. The van der Waals surface area contributed by atoms with E-state index in [1.54, 1.807) is 32.2 Å². The average molecular weight is 1690 g/mol. The largest absolute Gasteiger partial charge is 0.480 e. The molecule has 27 nitrogen and oxygen atoms in total. The number of rotatable bonds is 20. The molecule has 121 heavy (non-hydrogen) atoms. The van der Waals surface area contributed by atoms with E-state index in [0.717, 1.165) is 82.9 Å². The lowest BCUT2D eigenvalue weighted by molar-refractivity contribution is -0.138. The van der Waals surface area contributed by atoms with Crippen LogP contribution in [-0.4, -0.2) is 197 Å². The van der Waals surface area contributed by atoms with Gasteiger partial charge in [0.2, 0.25) is 17.7 Å². The second-order valence-electron chi connectivity index (χ2n) is 27.9. The summed E-state index contributed by atoms with van der Waals surface area (Å²) in [5.41, 5.74) is 14.0. The number of ether oxygens (including phenoxy) is 2. The highest BCUT2D eigenvalue weighted by atomic mass is 35.5. The van der Waals surface area contributed by atoms with Crippen molar-refractivity contribution in [2.75, 3.05) is 79.3 Å². The molecule has 0 bridgehead atoms. The van der Waals surface area contributed by atoms with E-state index in [2.05, 4.69) is 56.0 Å². The molecular formula is C90H76Cl4N20O7. The minimum Gasteiger partial charge on any atom is -0.480 e. The number of carboxylic acids is 1. The van der Waals surface area contributed by atoms with E-state index in [4.69, 9.17) is 76.4 Å². The van der Waals surface area contributed by atoms with Gasteiger partial charge in [-0.05, 0) is 5.56 Å². The van der Waals surface area contributed by atoms with Crippen LogP contribution in [0.25, 0.3) is 134 Å². The standard InChI is InChI=1S/C25H25ClN6O2.C23H20ClN5O2.C23H18ClN5O.C19H13ClN4O2/c26-22-21-23(18-7-3-1-4-8-18)30-32(17-20(33)27-11-12-31-13-15-34-16-14-31)25(21)29-28-24(22)19-9-5-2-6-10-19;24-20-19-21(16-7-3-1-4-8-16)27-29(15-18(30)28-11-13-31-14-12-28)23(19)26-25-22(20)17-9-5-2-6-10-17;1-28(13-12-25)19(30)15-29-23-20(22(27-29)17-10-6-3-7-11-17)21(24)18(14-26-23)16-8-4-2-5-9-16;20-16-15-17(12-7-3-1-4-8-12)23-24(11-14(25)26)19(15)22-21-18(16)13-9-5-2-6-10-13/h1-10H,11-17H2,(H,27,33);1-10H,11-15H2;2-11,14H,13,15H2,1H3;1-10H,11H2,(H,25,26). The Kier molecular flexibility index (Phi) is 26.5. The van der Waals surface area contributed by atoms with Crippen molar-refractivity contribution >= 4 is 114 Å². The van der Waals surface area contributed by atoms with Gasteiger partial charge in [0.1, 0.15) is 72.6 Å². The number of pyridine rings is 1. The molecule has 10 heterocycles. The Morgan fingerprint density at radius 3 is 1.10 bits per heavy atom. The Morgan fingerprint density at radius 2 is 0.736 bits per heavy atom. The van der Waals surface area contributed by atoms with Crippen LogP contribution in [-0.2, 0) is 54.8 Å². The number of aromatic nitrogens is 15. The average Bonchev–Trinajstić information content (AvgIpc) is 1.64. The van der Waals surface area contributed by atoms with Crippen molar-refractivity contribution in [2.24, 2.45) is 0 Å². The molecular weight excluding hydrogens is 1610 g/mol. The molecule has 2 saturated heterocycles. The van der Waals surface area contributed by atoms with Crippen LogP contribution < -0.4 is 5.32 Å². The number of carboxylic acid groups (broad SMARTS) is 1. The Hall–Kier alpha value is -13.6. The van der Waals surface area contributed by atoms with Crippen molar-refractivity contribution in [3.63, 3.8) is 0 Å². The maximum Gasteiger partial charge on any atom is 0.325 e. The number of nitrogens with one attached hydrogen (secondary N) is 1. The lowest BCUT2D eigenvalue weighted by Gasteiger charge is -2.26. The van der Waals surface area contributed by atoms with Crippen LogP contribution in [0.15, 0.2) is 249 Å². The number of halogens is 4. The molecule has 18 rings (SSSR count). The number of aliphatic carboxylic acids is 1. The van der Waals surface area contributed by atoms with Crippen LogP contribution in [0.1, 0.15) is 0 Å². The van der Waals surface area contributed by atoms with Gasteiger partial charge < -0.3 is 29.7 Å². The number of carbonyl (C=O) groups is 4. The molecule has 0 atom stereocenters. The topological polar surface area (TPSA) is 314 Å². The number of likely N-dealkylation sites (N-methyl/N-ethyl adjacent to an activating group) is 1. The zero-order chi connectivity index (χ0) is 83.7. The second kappa shape index (κ2) is 38.9. The van der Waals surface area contributed by atoms with Gasteiger partial charge in [0, 0.05) is 97.0 Å². The van der Waals surface area contributed by atoms with Crippen LogP contribution in [0.3, 0.4) is 0 Å². The quantitative estimate of drug-likeness (QED) is 0.0670. The molecule has 0 radical (unpaired) electrons. The van der Waals surface area contributed by atoms with E-state index in [1.165, 1.54) is 9.58 Å². The van der Waals surface area contributed by atoms with Gasteiger partial charge in [0.05, 0.1) is 74.1 Å². The Bertz CT molecular complexity index is 6380. The Balaban J connectivity index is 0.000000126. The van der Waals surface area contributed by atoms with Gasteiger partial charge in [-0.2, -0.15) is 25.7 Å². The molecule has 606 valence electrons. The van der Waals surface area contributed by atoms with Crippen molar-refractivity contribution in [1.29, 1.82) is 5.26 Å². The summed E-state index contributed by atoms with van der Waals surface area (Å²) >= 11 is 27.3. The number of nitriles is 1. The zero-order valence-electron chi connectivity index (χ0n) is 65.2. The predicted octanol–water partition coefficient (Wildman–Crippen LogP) is 15.2. The van der Waals surface area contributed by atoms with E-state index in [-0.39, 0.29) is 50.4 Å². The normalized spacial score (nSPS) is 12.7. The molecule has 2 aliphatic rings. The van der Waals surface area contributed by atoms with Crippen LogP contribution in [0.2, 0.25) is 20.1 Å². The van der Waals surface area contributed by atoms with Crippen LogP contribution in [0.5, 0.6) is 0 Å². The van der Waals surface area contributed by atoms with Crippen molar-refractivity contribution in [3.8, 4) is 96.0 Å². The van der Waals surface area contributed by atoms with Gasteiger partial charge in [0.25, 0.3) is 0 Å². The molecule has 2 fully saturated rings. The SMILES string of the molecule is CN(CC#N)C(=O)Cn1nc(-c2ccccc2)c2c(Cl)c(-c3ccccc3)cnc21.O=C(Cn1nc(-c2ccccc2)c2c(Cl)c(-c3ccccc3)nnc21)N1CCOCC1.O=C(Cn1nc(-c2ccccc2)c2c(Cl)c(-c3ccccc3)nnc21)NCCN1CCOCC1.O=C(O)Cn1nc(-c2ccccc2)c2c(Cl)c(-c3ccccc3)nnc21. The van der Waals surface area contributed by atoms with Gasteiger partial charge in [-0.25, -0.2) is 23.7 Å². The van der Waals surface area contributed by atoms with Gasteiger partial charge in [-0.1, -0.05) is 289 Å². The van der Waals surface area contributed by atoms with Gasteiger partial charge in [-0.3, -0.25) is 24.1 Å². The number of hydrogen-bond acceptors (Lipinski definition) is 19. The first-order chi connectivity index (χ1) is 59.2. The number of benzene rings is 8. The van der Waals surface area contributed by atoms with Crippen LogP contribution in [0, 0.1) is 11.3 Å². The van der Waals surface area contributed by atoms with Crippen molar-refractivity contribution < 1.29 is 33.8 Å². The smallest absolute Gasteiger partial charge is 0.325 e. The summed E-state index contributed by atoms with van der Waals surface area (Å²) in [4.78, 5) is 59.3. The van der Waals surface area contributed by atoms with Crippen molar-refractivity contribution in [1.82, 2.24) is 94.7 Å². The lowest BCUT2D eigenvalue weighted by atomic mass is 10.0. The van der Waals surface area contributed by atoms with Gasteiger partial charge in [-0.15, -0.1) is 30.6 Å². The highest BCUT2D eigenvalue weighted by molar-refractivity contribution is 6.40. The van der Waals surface area contributed by atoms with Gasteiger partial charge >= 0.3 is 5.97 Å². The van der Waals surface area contributed by atoms with E-state index in [0.29, 0.717) is 137 Å². The monoisotopic (exact) mass is 1690 g/mol. The first-order valence-corrected chi connectivity index (χ1v) is 40.2. The Morgan fingerprint density at radius 1 is 0.413 bits per heavy atom. The van der Waals surface area contributed by atoms with Gasteiger partial charge in [0.15, 0.2) is 22.6 Å². The molecule has 0 unspecified atom stereocenters. The Labute approximate surface area is 713 Å². The highest BCUT2D eigenvalue weighted by Crippen LogP contribution is 2.43. The fraction of sp³-hybridized carbons (Fsp3) is 0.178. The summed E-state index contributed by atoms with van der Waals surface area (Å²) in [5, 5.41) is 70.2. The third-order valence-electron chi connectivity index (χ3n) is 20.0. The summed E-state index contributed by atoms with van der Waals surface area (Å²) in [6.07, 6.45) is 1.70. The molecule has 2 N–H and O–H groups in total. The number of amides is 3. The van der Waals surface area contributed by atoms with Crippen molar-refractivity contribution in [3.05, 3.63) is 269 Å². The number of nitrogens with zero attached hydrogens (tertiary/aromatic N) is 19. The summed E-state index contributed by atoms with van der Waals surface area (Å²) in [7, 11) is 1.59. The molecule has 16 aromatic rings. The van der Waals surface area contributed by atoms with Crippen LogP contribution in [0.4, 0.5) is 0 Å². The third-order valence-corrected chi connectivity index (χ3v) is 21.5. The highest BCUT2D eigenvalue weighted by Gasteiger charge is 2.29. The zero-order valence-corrected chi connectivity index (χ0v) is 68.2. The van der Waals surface area contributed by atoms with E-state index in [9.17, 15) is 19.2 Å². The molecule has 3 amide bonds. The van der Waals surface area contributed by atoms with E-state index >= 15 is 0 Å². The molecule has 2 aliphatic heterocycles. The fourth-order valence-corrected chi connectivity index (χ4v) is 15.2. The molecule has 8 aromatic carbocycles. The second-order valence-corrected chi connectivity index (χ2v) is 29.4. The minimum absolute atomic E-state index is 0.00984. The maximum atomic E-state index is 12.9. The lowest BCUT2D eigenvalue weighted by Crippen LogP contribution is -2.42. The molecule has 0 aliphatic carbocycles. The summed E-state index contributed by atoms with van der Waals surface area (Å²) in [5.74, 6) is -1.41. The fourth-order valence-electron chi connectivity index (χ4n) is 13.9. The molecule has 8 aromatic heterocycles. The number of hydrogen-bond donors (Lipinski definition) is 2. The number of carbonyl (C=O) groups excluding carboxylic acids is 3. The third kappa shape index (κ3) is 19.0. The first-order valence-electron chi connectivity index (χ1n) is 38.7. The molecule has 31 heteroatoms. The van der Waals surface area contributed by atoms with E-state index < -0.39 is 5.97 Å². The summed E-state index contributed by atoms with van der Waals surface area (Å²) in [6, 6.07) is 79.3. The van der Waals surface area contributed by atoms with Crippen molar-refractivity contribution in [2.45, 2.75) is 26.2 Å². The number of fused-ring (bicyclic) bond motifs is 4. The first kappa shape index (κ1) is 82.5.